The Morgan fingerprint density at radius 3 is 2.43 bits per heavy atom. The molecule has 0 aromatic carbocycles. The monoisotopic (exact) mass is 204 g/mol. The van der Waals surface area contributed by atoms with Crippen molar-refractivity contribution in [2.24, 2.45) is 0 Å². The van der Waals surface area contributed by atoms with Gasteiger partial charge >= 0.3 is 0 Å². The van der Waals surface area contributed by atoms with Crippen molar-refractivity contribution in [3.8, 4) is 0 Å². The fourth-order valence-electron chi connectivity index (χ4n) is 1.34. The van der Waals surface area contributed by atoms with Crippen molar-refractivity contribution in [2.45, 2.75) is 30.1 Å². The molecule has 1 fully saturated rings. The standard InChI is InChI=1S/C7H13BO6/c1-13-6-5(11)7(8,12)4(10)3(2-9)14-6/h3-6,9-12H,2H2,1H3/t3?,4-,5-,6?,7?/m1/s1. The van der Waals surface area contributed by atoms with Gasteiger partial charge in [0.2, 0.25) is 0 Å². The highest BCUT2D eigenvalue weighted by atomic mass is 16.7. The van der Waals surface area contributed by atoms with Crippen molar-refractivity contribution in [3.05, 3.63) is 0 Å². The highest BCUT2D eigenvalue weighted by molar-refractivity contribution is 6.15. The van der Waals surface area contributed by atoms with Gasteiger partial charge in [-0.25, -0.2) is 0 Å². The number of ether oxygens (including phenoxy) is 2. The van der Waals surface area contributed by atoms with E-state index < -0.39 is 36.7 Å². The van der Waals surface area contributed by atoms with E-state index in [2.05, 4.69) is 4.74 Å². The average Bonchev–Trinajstić information content (AvgIpc) is 2.16. The minimum absolute atomic E-state index is 0.534. The van der Waals surface area contributed by atoms with Crippen molar-refractivity contribution in [3.63, 3.8) is 0 Å². The predicted octanol–water partition coefficient (Wildman–Crippen LogP) is -3.07. The lowest BCUT2D eigenvalue weighted by molar-refractivity contribution is -0.306. The van der Waals surface area contributed by atoms with Crippen LogP contribution < -0.4 is 0 Å². The van der Waals surface area contributed by atoms with Crippen LogP contribution in [0.3, 0.4) is 0 Å². The first-order valence-corrected chi connectivity index (χ1v) is 4.11. The molecule has 0 aromatic heterocycles. The Balaban J connectivity index is 2.84. The summed E-state index contributed by atoms with van der Waals surface area (Å²) in [7, 11) is 6.53. The summed E-state index contributed by atoms with van der Waals surface area (Å²) in [6.07, 6.45) is -5.41. The van der Waals surface area contributed by atoms with Gasteiger partial charge in [-0.3, -0.25) is 0 Å². The van der Waals surface area contributed by atoms with Crippen molar-refractivity contribution in [1.29, 1.82) is 0 Å². The van der Waals surface area contributed by atoms with Crippen molar-refractivity contribution in [1.82, 2.24) is 0 Å². The Morgan fingerprint density at radius 2 is 2.00 bits per heavy atom. The lowest BCUT2D eigenvalue weighted by Crippen LogP contribution is -2.67. The van der Waals surface area contributed by atoms with E-state index in [1.165, 1.54) is 7.11 Å². The van der Waals surface area contributed by atoms with Crippen LogP contribution in [0.2, 0.25) is 0 Å². The van der Waals surface area contributed by atoms with E-state index in [1.54, 1.807) is 0 Å². The molecule has 0 amide bonds. The zero-order valence-corrected chi connectivity index (χ0v) is 7.70. The minimum Gasteiger partial charge on any atom is -0.394 e. The summed E-state index contributed by atoms with van der Waals surface area (Å²) in [4.78, 5) is 0. The molecule has 2 radical (unpaired) electrons. The Bertz CT molecular complexity index is 181. The van der Waals surface area contributed by atoms with Crippen LogP contribution >= 0.6 is 0 Å². The van der Waals surface area contributed by atoms with E-state index in [1.807, 2.05) is 0 Å². The zero-order valence-electron chi connectivity index (χ0n) is 7.70. The molecule has 80 valence electrons. The van der Waals surface area contributed by atoms with E-state index >= 15 is 0 Å². The molecule has 5 atom stereocenters. The first-order valence-electron chi connectivity index (χ1n) is 4.11. The van der Waals surface area contributed by atoms with Crippen LogP contribution in [0, 0.1) is 0 Å². The third-order valence-corrected chi connectivity index (χ3v) is 2.28. The summed E-state index contributed by atoms with van der Waals surface area (Å²) in [6.45, 7) is -0.534. The summed E-state index contributed by atoms with van der Waals surface area (Å²) >= 11 is 0. The number of hydrogen-bond donors (Lipinski definition) is 4. The number of aliphatic hydroxyl groups excluding tert-OH is 3. The molecule has 0 saturated carbocycles. The lowest BCUT2D eigenvalue weighted by atomic mass is 9.69. The molecule has 0 bridgehead atoms. The first-order chi connectivity index (χ1) is 6.45. The molecule has 0 aromatic rings. The third kappa shape index (κ3) is 1.79. The maximum atomic E-state index is 9.52. The van der Waals surface area contributed by atoms with Gasteiger partial charge in [-0.1, -0.05) is 0 Å². The molecule has 4 N–H and O–H groups in total. The van der Waals surface area contributed by atoms with Crippen molar-refractivity contribution in [2.75, 3.05) is 13.7 Å². The Morgan fingerprint density at radius 1 is 1.43 bits per heavy atom. The number of hydrogen-bond acceptors (Lipinski definition) is 6. The quantitative estimate of drug-likeness (QED) is 0.356. The van der Waals surface area contributed by atoms with Gasteiger partial charge in [-0.15, -0.1) is 0 Å². The molecular weight excluding hydrogens is 191 g/mol. The molecule has 14 heavy (non-hydrogen) atoms. The van der Waals surface area contributed by atoms with E-state index in [0.717, 1.165) is 0 Å². The van der Waals surface area contributed by atoms with Crippen LogP contribution in [0.5, 0.6) is 0 Å². The summed E-state index contributed by atoms with van der Waals surface area (Å²) < 4.78 is 9.62. The first kappa shape index (κ1) is 11.9. The van der Waals surface area contributed by atoms with E-state index in [4.69, 9.17) is 17.7 Å². The highest BCUT2D eigenvalue weighted by Crippen LogP contribution is 2.27. The van der Waals surface area contributed by atoms with Crippen LogP contribution in [0.15, 0.2) is 0 Å². The van der Waals surface area contributed by atoms with Crippen molar-refractivity contribution < 1.29 is 29.9 Å². The summed E-state index contributed by atoms with van der Waals surface area (Å²) in [6, 6.07) is 0. The molecule has 1 heterocycles. The number of aliphatic hydroxyl groups is 4. The van der Waals surface area contributed by atoms with Crippen LogP contribution in [0.25, 0.3) is 0 Å². The molecule has 1 saturated heterocycles. The Hall–Kier alpha value is -0.175. The maximum Gasteiger partial charge on any atom is 0.185 e. The van der Waals surface area contributed by atoms with Gasteiger partial charge in [0.05, 0.1) is 12.1 Å². The zero-order chi connectivity index (χ0) is 10.9. The largest absolute Gasteiger partial charge is 0.394 e. The van der Waals surface area contributed by atoms with Gasteiger partial charge in [-0.05, 0) is 0 Å². The molecular formula is C7H13BO6. The Kier molecular flexibility index (Phi) is 3.51. The minimum atomic E-state index is -2.26. The van der Waals surface area contributed by atoms with E-state index in [-0.39, 0.29) is 0 Å². The molecule has 6 nitrogen and oxygen atoms in total. The van der Waals surface area contributed by atoms with Crippen LogP contribution in [-0.4, -0.2) is 72.1 Å². The predicted molar refractivity (Wildman–Crippen MR) is 45.5 cm³/mol. The lowest BCUT2D eigenvalue weighted by Gasteiger charge is -2.46. The smallest absolute Gasteiger partial charge is 0.185 e. The molecule has 0 aliphatic carbocycles. The molecule has 0 spiro atoms. The molecule has 1 aliphatic rings. The van der Waals surface area contributed by atoms with Gasteiger partial charge in [0.25, 0.3) is 0 Å². The summed E-state index contributed by atoms with van der Waals surface area (Å²) in [5, 5.41) is 37.1. The van der Waals surface area contributed by atoms with Gasteiger partial charge in [0, 0.05) is 7.11 Å². The van der Waals surface area contributed by atoms with Gasteiger partial charge < -0.3 is 29.9 Å². The SMILES string of the molecule is [B]C1(O)[C@H](O)C(CO)OC(OC)[C@H]1O. The maximum absolute atomic E-state index is 9.52. The second-order valence-corrected chi connectivity index (χ2v) is 3.24. The second kappa shape index (κ2) is 4.14. The summed E-state index contributed by atoms with van der Waals surface area (Å²) in [5.41, 5.74) is -2.26. The molecule has 7 heteroatoms. The van der Waals surface area contributed by atoms with Gasteiger partial charge in [0.15, 0.2) is 6.29 Å². The van der Waals surface area contributed by atoms with Crippen LogP contribution in [0.1, 0.15) is 0 Å². The third-order valence-electron chi connectivity index (χ3n) is 2.28. The van der Waals surface area contributed by atoms with Crippen molar-refractivity contribution >= 4 is 7.85 Å². The van der Waals surface area contributed by atoms with E-state index in [0.29, 0.717) is 0 Å². The fourth-order valence-corrected chi connectivity index (χ4v) is 1.34. The molecule has 3 unspecified atom stereocenters. The molecule has 1 rings (SSSR count). The topological polar surface area (TPSA) is 99.4 Å². The van der Waals surface area contributed by atoms with Gasteiger partial charge in [-0.2, -0.15) is 0 Å². The second-order valence-electron chi connectivity index (χ2n) is 3.24. The number of rotatable bonds is 2. The van der Waals surface area contributed by atoms with Crippen LogP contribution in [-0.2, 0) is 9.47 Å². The number of methoxy groups -OCH3 is 1. The normalized spacial score (nSPS) is 49.2. The Labute approximate surface area is 82.5 Å². The van der Waals surface area contributed by atoms with Gasteiger partial charge in [0.1, 0.15) is 26.2 Å². The summed E-state index contributed by atoms with van der Waals surface area (Å²) in [5.74, 6) is 0. The molecule has 1 aliphatic heterocycles. The van der Waals surface area contributed by atoms with Crippen LogP contribution in [0.4, 0.5) is 0 Å². The fraction of sp³-hybridized carbons (Fsp3) is 1.00. The highest BCUT2D eigenvalue weighted by Gasteiger charge is 2.51. The van der Waals surface area contributed by atoms with E-state index in [9.17, 15) is 15.3 Å². The average molecular weight is 204 g/mol.